The monoisotopic (exact) mass is 253 g/mol. The Balaban J connectivity index is 2.68. The molecule has 5 nitrogen and oxygen atoms in total. The predicted octanol–water partition coefficient (Wildman–Crippen LogP) is 1.66. The van der Waals surface area contributed by atoms with Crippen molar-refractivity contribution in [3.63, 3.8) is 0 Å². The summed E-state index contributed by atoms with van der Waals surface area (Å²) in [7, 11) is 2.91. The Morgan fingerprint density at radius 3 is 2.61 bits per heavy atom. The van der Waals surface area contributed by atoms with Crippen molar-refractivity contribution in [2.75, 3.05) is 20.8 Å². The topological polar surface area (TPSA) is 70.8 Å². The number of esters is 1. The normalized spacial score (nSPS) is 11.8. The molecule has 0 aliphatic rings. The summed E-state index contributed by atoms with van der Waals surface area (Å²) in [6, 6.07) is 5.43. The van der Waals surface area contributed by atoms with Crippen LogP contribution in [0.15, 0.2) is 18.2 Å². The van der Waals surface area contributed by atoms with E-state index in [9.17, 15) is 4.79 Å². The maximum Gasteiger partial charge on any atom is 0.308 e. The number of rotatable bonds is 6. The van der Waals surface area contributed by atoms with Gasteiger partial charge in [0.25, 0.3) is 0 Å². The highest BCUT2D eigenvalue weighted by atomic mass is 16.5. The first kappa shape index (κ1) is 14.3. The Hall–Kier alpha value is -1.75. The molecule has 100 valence electrons. The lowest BCUT2D eigenvalue weighted by Gasteiger charge is -2.13. The number of carbonyl (C=O) groups is 1. The Labute approximate surface area is 107 Å². The summed E-state index contributed by atoms with van der Waals surface area (Å²) in [5.41, 5.74) is 6.75. The lowest BCUT2D eigenvalue weighted by molar-refractivity contribution is -0.141. The fourth-order valence-corrected chi connectivity index (χ4v) is 1.43. The van der Waals surface area contributed by atoms with Crippen LogP contribution in [0.2, 0.25) is 0 Å². The van der Waals surface area contributed by atoms with Crippen molar-refractivity contribution in [1.29, 1.82) is 0 Å². The Morgan fingerprint density at radius 2 is 2.06 bits per heavy atom. The van der Waals surface area contributed by atoms with E-state index in [0.717, 1.165) is 5.56 Å². The van der Waals surface area contributed by atoms with Gasteiger partial charge in [0.2, 0.25) is 0 Å². The summed E-state index contributed by atoms with van der Waals surface area (Å²) >= 11 is 0. The van der Waals surface area contributed by atoms with Crippen molar-refractivity contribution in [3.8, 4) is 11.5 Å². The molecule has 0 bridgehead atoms. The maximum absolute atomic E-state index is 10.9. The number of carbonyl (C=O) groups excluding carboxylic acids is 1. The summed E-state index contributed by atoms with van der Waals surface area (Å²) in [4.78, 5) is 10.9. The zero-order valence-electron chi connectivity index (χ0n) is 10.9. The molecule has 0 aliphatic carbocycles. The van der Waals surface area contributed by atoms with Crippen LogP contribution in [-0.2, 0) is 9.53 Å². The first-order valence-corrected chi connectivity index (χ1v) is 5.71. The summed E-state index contributed by atoms with van der Waals surface area (Å²) in [5, 5.41) is 0. The molecule has 0 saturated heterocycles. The Bertz CT molecular complexity index is 404. The zero-order chi connectivity index (χ0) is 13.5. The second-order valence-corrected chi connectivity index (χ2v) is 3.87. The van der Waals surface area contributed by atoms with Gasteiger partial charge >= 0.3 is 5.97 Å². The minimum absolute atomic E-state index is 0.0666. The molecule has 0 unspecified atom stereocenters. The third kappa shape index (κ3) is 3.92. The Kier molecular flexibility index (Phi) is 5.45. The number of hydrogen-bond acceptors (Lipinski definition) is 5. The van der Waals surface area contributed by atoms with Crippen molar-refractivity contribution in [2.24, 2.45) is 5.73 Å². The van der Waals surface area contributed by atoms with Crippen LogP contribution >= 0.6 is 0 Å². The van der Waals surface area contributed by atoms with Crippen LogP contribution in [0.25, 0.3) is 0 Å². The smallest absolute Gasteiger partial charge is 0.308 e. The molecule has 2 N–H and O–H groups in total. The molecule has 5 heteroatoms. The van der Waals surface area contributed by atoms with Crippen LogP contribution in [-0.4, -0.2) is 26.8 Å². The minimum atomic E-state index is -0.304. The van der Waals surface area contributed by atoms with E-state index in [1.807, 2.05) is 19.1 Å². The van der Waals surface area contributed by atoms with Gasteiger partial charge < -0.3 is 19.9 Å². The molecule has 1 aromatic carbocycles. The van der Waals surface area contributed by atoms with Gasteiger partial charge in [-0.3, -0.25) is 4.79 Å². The standard InChI is InChI=1S/C13H19NO4/c1-9(14)10-4-5-11(12(8-10)16-2)18-7-6-13(15)17-3/h4-5,8-9H,6-7,14H2,1-3H3/t9-/m1/s1. The number of methoxy groups -OCH3 is 2. The summed E-state index contributed by atoms with van der Waals surface area (Å²) in [6.07, 6.45) is 0.203. The van der Waals surface area contributed by atoms with Gasteiger partial charge in [-0.2, -0.15) is 0 Å². The Morgan fingerprint density at radius 1 is 1.33 bits per heavy atom. The molecular weight excluding hydrogens is 234 g/mol. The average Bonchev–Trinajstić information content (AvgIpc) is 2.38. The fraction of sp³-hybridized carbons (Fsp3) is 0.462. The molecule has 0 fully saturated rings. The highest BCUT2D eigenvalue weighted by Gasteiger charge is 2.09. The summed E-state index contributed by atoms with van der Waals surface area (Å²) in [5.74, 6) is 0.890. The zero-order valence-corrected chi connectivity index (χ0v) is 10.9. The molecule has 0 radical (unpaired) electrons. The van der Waals surface area contributed by atoms with Crippen LogP contribution in [0, 0.1) is 0 Å². The maximum atomic E-state index is 10.9. The quantitative estimate of drug-likeness (QED) is 0.781. The van der Waals surface area contributed by atoms with Crippen molar-refractivity contribution in [2.45, 2.75) is 19.4 Å². The molecule has 0 aliphatic heterocycles. The second-order valence-electron chi connectivity index (χ2n) is 3.87. The first-order chi connectivity index (χ1) is 8.58. The minimum Gasteiger partial charge on any atom is -0.493 e. The lowest BCUT2D eigenvalue weighted by Crippen LogP contribution is -2.09. The molecule has 0 amide bonds. The number of hydrogen-bond donors (Lipinski definition) is 1. The van der Waals surface area contributed by atoms with Crippen molar-refractivity contribution in [3.05, 3.63) is 23.8 Å². The van der Waals surface area contributed by atoms with Crippen LogP contribution in [0.5, 0.6) is 11.5 Å². The van der Waals surface area contributed by atoms with Crippen molar-refractivity contribution in [1.82, 2.24) is 0 Å². The van der Waals surface area contributed by atoms with E-state index in [-0.39, 0.29) is 25.0 Å². The SMILES string of the molecule is COC(=O)CCOc1ccc([C@@H](C)N)cc1OC. The molecule has 0 heterocycles. The molecule has 1 aromatic rings. The molecule has 1 rings (SSSR count). The van der Waals surface area contributed by atoms with E-state index in [4.69, 9.17) is 15.2 Å². The van der Waals surface area contributed by atoms with Gasteiger partial charge in [-0.1, -0.05) is 6.07 Å². The van der Waals surface area contributed by atoms with Gasteiger partial charge in [0.15, 0.2) is 11.5 Å². The predicted molar refractivity (Wildman–Crippen MR) is 67.7 cm³/mol. The summed E-state index contributed by atoms with van der Waals surface area (Å²) in [6.45, 7) is 2.15. The van der Waals surface area contributed by atoms with Gasteiger partial charge in [0.05, 0.1) is 27.2 Å². The summed E-state index contributed by atoms with van der Waals surface area (Å²) < 4.78 is 15.2. The van der Waals surface area contributed by atoms with E-state index in [1.165, 1.54) is 7.11 Å². The molecule has 0 saturated carbocycles. The second kappa shape index (κ2) is 6.86. The van der Waals surface area contributed by atoms with E-state index >= 15 is 0 Å². The number of nitrogens with two attached hydrogens (primary N) is 1. The molecule has 1 atom stereocenters. The van der Waals surface area contributed by atoms with Gasteiger partial charge in [0.1, 0.15) is 0 Å². The van der Waals surface area contributed by atoms with Crippen molar-refractivity contribution < 1.29 is 19.0 Å². The molecule has 0 aromatic heterocycles. The average molecular weight is 253 g/mol. The first-order valence-electron chi connectivity index (χ1n) is 5.71. The third-order valence-corrected chi connectivity index (χ3v) is 2.50. The highest BCUT2D eigenvalue weighted by Crippen LogP contribution is 2.29. The third-order valence-electron chi connectivity index (χ3n) is 2.50. The molecular formula is C13H19NO4. The van der Waals surface area contributed by atoms with Crippen LogP contribution in [0.3, 0.4) is 0 Å². The largest absolute Gasteiger partial charge is 0.493 e. The lowest BCUT2D eigenvalue weighted by atomic mass is 10.1. The number of ether oxygens (including phenoxy) is 3. The van der Waals surface area contributed by atoms with Gasteiger partial charge in [-0.05, 0) is 24.6 Å². The fourth-order valence-electron chi connectivity index (χ4n) is 1.43. The van der Waals surface area contributed by atoms with Crippen molar-refractivity contribution >= 4 is 5.97 Å². The highest BCUT2D eigenvalue weighted by molar-refractivity contribution is 5.69. The van der Waals surface area contributed by atoms with E-state index < -0.39 is 0 Å². The van der Waals surface area contributed by atoms with Gasteiger partial charge in [-0.25, -0.2) is 0 Å². The van der Waals surface area contributed by atoms with Gasteiger partial charge in [0, 0.05) is 6.04 Å². The van der Waals surface area contributed by atoms with E-state index in [0.29, 0.717) is 11.5 Å². The van der Waals surface area contributed by atoms with E-state index in [1.54, 1.807) is 13.2 Å². The number of benzene rings is 1. The van der Waals surface area contributed by atoms with E-state index in [2.05, 4.69) is 4.74 Å². The van der Waals surface area contributed by atoms with Crippen LogP contribution < -0.4 is 15.2 Å². The van der Waals surface area contributed by atoms with Gasteiger partial charge in [-0.15, -0.1) is 0 Å². The molecule has 0 spiro atoms. The van der Waals surface area contributed by atoms with Crippen LogP contribution in [0.4, 0.5) is 0 Å². The molecule has 18 heavy (non-hydrogen) atoms. The van der Waals surface area contributed by atoms with Crippen LogP contribution in [0.1, 0.15) is 24.9 Å².